The molecule has 0 saturated heterocycles. The highest BCUT2D eigenvalue weighted by atomic mass is 16.3. The van der Waals surface area contributed by atoms with Gasteiger partial charge in [0.05, 0.1) is 12.2 Å². The van der Waals surface area contributed by atoms with Crippen LogP contribution in [-0.2, 0) is 0 Å². The maximum absolute atomic E-state index is 10.2. The van der Waals surface area contributed by atoms with Gasteiger partial charge >= 0.3 is 0 Å². The quantitative estimate of drug-likeness (QED) is 0.405. The van der Waals surface area contributed by atoms with Crippen molar-refractivity contribution in [2.75, 3.05) is 0 Å². The molecule has 3 aliphatic rings. The Bertz CT molecular complexity index is 740. The van der Waals surface area contributed by atoms with Gasteiger partial charge in [0.25, 0.3) is 0 Å². The Morgan fingerprint density at radius 3 is 2.50 bits per heavy atom. The number of aliphatic hydroxyl groups is 2. The summed E-state index contributed by atoms with van der Waals surface area (Å²) in [6, 6.07) is 0. The van der Waals surface area contributed by atoms with Gasteiger partial charge in [-0.25, -0.2) is 0 Å². The van der Waals surface area contributed by atoms with E-state index in [0.29, 0.717) is 36.0 Å². The fourth-order valence-corrected chi connectivity index (χ4v) is 7.28. The molecular weight excluding hydrogens is 392 g/mol. The first-order valence-corrected chi connectivity index (χ1v) is 13.3. The summed E-state index contributed by atoms with van der Waals surface area (Å²) in [5.41, 5.74) is 3.78. The van der Waals surface area contributed by atoms with E-state index in [1.54, 1.807) is 5.57 Å². The fraction of sp³-hybridized carbons (Fsp3) is 0.733. The number of rotatable bonds is 7. The second-order valence-electron chi connectivity index (χ2n) is 11.3. The van der Waals surface area contributed by atoms with E-state index in [1.807, 2.05) is 0 Å². The summed E-state index contributed by atoms with van der Waals surface area (Å²) in [7, 11) is 0. The Morgan fingerprint density at radius 1 is 1.09 bits per heavy atom. The van der Waals surface area contributed by atoms with Crippen LogP contribution in [0, 0.1) is 35.0 Å². The minimum absolute atomic E-state index is 0.382. The molecule has 0 radical (unpaired) electrons. The molecule has 0 aromatic heterocycles. The van der Waals surface area contributed by atoms with Crippen LogP contribution in [0.25, 0.3) is 0 Å². The first-order valence-electron chi connectivity index (χ1n) is 13.3. The van der Waals surface area contributed by atoms with Gasteiger partial charge in [-0.2, -0.15) is 0 Å². The van der Waals surface area contributed by atoms with Crippen molar-refractivity contribution >= 4 is 0 Å². The molecule has 0 unspecified atom stereocenters. The van der Waals surface area contributed by atoms with E-state index in [2.05, 4.69) is 65.5 Å². The minimum Gasteiger partial charge on any atom is -0.393 e. The molecule has 3 saturated carbocycles. The summed E-state index contributed by atoms with van der Waals surface area (Å²) in [4.78, 5) is 0. The molecule has 2 heteroatoms. The van der Waals surface area contributed by atoms with Crippen LogP contribution in [0.2, 0.25) is 0 Å². The van der Waals surface area contributed by atoms with Crippen molar-refractivity contribution in [2.45, 2.75) is 105 Å². The van der Waals surface area contributed by atoms with Gasteiger partial charge in [-0.1, -0.05) is 83.9 Å². The molecule has 0 aliphatic heterocycles. The predicted octanol–water partition coefficient (Wildman–Crippen LogP) is 7.39. The topological polar surface area (TPSA) is 40.5 Å². The van der Waals surface area contributed by atoms with E-state index in [-0.39, 0.29) is 0 Å². The van der Waals surface area contributed by atoms with E-state index in [9.17, 15) is 10.2 Å². The zero-order valence-electron chi connectivity index (χ0n) is 21.3. The number of hydrogen-bond donors (Lipinski definition) is 2. The molecular formula is C30H48O2. The van der Waals surface area contributed by atoms with Gasteiger partial charge in [-0.3, -0.25) is 0 Å². The average Bonchev–Trinajstić information content (AvgIpc) is 3.12. The van der Waals surface area contributed by atoms with Crippen LogP contribution < -0.4 is 0 Å². The Balaban J connectivity index is 1.74. The summed E-state index contributed by atoms with van der Waals surface area (Å²) in [6.45, 7) is 16.1. The molecule has 3 aliphatic carbocycles. The van der Waals surface area contributed by atoms with Gasteiger partial charge < -0.3 is 10.2 Å². The first kappa shape index (κ1) is 25.5. The summed E-state index contributed by atoms with van der Waals surface area (Å²) in [5, 5.41) is 20.2. The number of fused-ring (bicyclic) bond motifs is 1. The van der Waals surface area contributed by atoms with Crippen molar-refractivity contribution in [3.05, 3.63) is 47.6 Å². The molecule has 3 fully saturated rings. The lowest BCUT2D eigenvalue weighted by Crippen LogP contribution is -2.35. The van der Waals surface area contributed by atoms with Crippen molar-refractivity contribution in [1.29, 1.82) is 0 Å². The van der Waals surface area contributed by atoms with Crippen molar-refractivity contribution in [3.63, 3.8) is 0 Å². The molecule has 0 amide bonds. The Kier molecular flexibility index (Phi) is 8.66. The monoisotopic (exact) mass is 440 g/mol. The van der Waals surface area contributed by atoms with Crippen molar-refractivity contribution in [2.24, 2.45) is 35.0 Å². The zero-order valence-corrected chi connectivity index (χ0v) is 21.3. The number of aliphatic hydroxyl groups excluding tert-OH is 2. The standard InChI is InChI=1S/C30H48O2/c1-7-23(8-2)20(3)11-12-21(4)27-15-16-28-24(10-9-17-30(27,28)6)13-14-25-18-26(31)19-29(32)22(25)5/h11-14,20-21,23,26-29,31-32H,5,7-10,15-19H2,1-4,6H3/b12-11+,24-13+,25-14-/t20-,21-,26-,27-,28+,29+,30-/m1/s1. The maximum Gasteiger partial charge on any atom is 0.0811 e. The van der Waals surface area contributed by atoms with Crippen molar-refractivity contribution in [1.82, 2.24) is 0 Å². The normalized spacial score (nSPS) is 38.1. The number of allylic oxidation sites excluding steroid dienone is 5. The summed E-state index contributed by atoms with van der Waals surface area (Å²) in [6.07, 6.45) is 18.4. The second kappa shape index (κ2) is 10.9. The van der Waals surface area contributed by atoms with E-state index in [1.165, 1.54) is 44.9 Å². The van der Waals surface area contributed by atoms with Crippen LogP contribution in [0.3, 0.4) is 0 Å². The van der Waals surface area contributed by atoms with Gasteiger partial charge in [0.15, 0.2) is 0 Å². The van der Waals surface area contributed by atoms with Gasteiger partial charge in [0, 0.05) is 6.42 Å². The SMILES string of the molecule is C=C1/C(=C\C=C2/CCC[C@]3(C)[C@@H]([C@H](C)/C=C/[C@@H](C)C(CC)CC)CC[C@@H]23)C[C@@H](O)C[C@@H]1O. The van der Waals surface area contributed by atoms with Gasteiger partial charge in [0.2, 0.25) is 0 Å². The highest BCUT2D eigenvalue weighted by Crippen LogP contribution is 2.59. The van der Waals surface area contributed by atoms with Crippen molar-refractivity contribution < 1.29 is 10.2 Å². The van der Waals surface area contributed by atoms with Gasteiger partial charge in [-0.15, -0.1) is 0 Å². The third-order valence-electron chi connectivity index (χ3n) is 9.45. The third-order valence-corrected chi connectivity index (χ3v) is 9.45. The largest absolute Gasteiger partial charge is 0.393 e. The molecule has 2 nitrogen and oxygen atoms in total. The Morgan fingerprint density at radius 2 is 1.81 bits per heavy atom. The lowest BCUT2D eigenvalue weighted by molar-refractivity contribution is 0.0862. The zero-order chi connectivity index (χ0) is 23.5. The van der Waals surface area contributed by atoms with E-state index < -0.39 is 12.2 Å². The van der Waals surface area contributed by atoms with Gasteiger partial charge in [0.1, 0.15) is 0 Å². The van der Waals surface area contributed by atoms with Crippen molar-refractivity contribution in [3.8, 4) is 0 Å². The van der Waals surface area contributed by atoms with Gasteiger partial charge in [-0.05, 0) is 84.7 Å². The lowest BCUT2D eigenvalue weighted by atomic mass is 9.61. The highest BCUT2D eigenvalue weighted by Gasteiger charge is 2.50. The lowest BCUT2D eigenvalue weighted by Gasteiger charge is -2.44. The third kappa shape index (κ3) is 5.33. The Hall–Kier alpha value is -1.12. The minimum atomic E-state index is -0.606. The molecule has 0 aromatic rings. The summed E-state index contributed by atoms with van der Waals surface area (Å²) >= 11 is 0. The number of hydrogen-bond acceptors (Lipinski definition) is 2. The Labute approximate surface area is 197 Å². The molecule has 0 heterocycles. The van der Waals surface area contributed by atoms with Crippen LogP contribution in [0.4, 0.5) is 0 Å². The first-order chi connectivity index (χ1) is 15.2. The molecule has 0 bridgehead atoms. The van der Waals surface area contributed by atoms with E-state index in [4.69, 9.17) is 0 Å². The molecule has 2 N–H and O–H groups in total. The van der Waals surface area contributed by atoms with Crippen LogP contribution in [-0.4, -0.2) is 22.4 Å². The second-order valence-corrected chi connectivity index (χ2v) is 11.3. The molecule has 0 aromatic carbocycles. The molecule has 0 spiro atoms. The fourth-order valence-electron chi connectivity index (χ4n) is 7.28. The molecule has 180 valence electrons. The smallest absolute Gasteiger partial charge is 0.0811 e. The molecule has 3 rings (SSSR count). The van der Waals surface area contributed by atoms with E-state index in [0.717, 1.165) is 23.0 Å². The summed E-state index contributed by atoms with van der Waals surface area (Å²) in [5.74, 6) is 3.51. The van der Waals surface area contributed by atoms with Crippen LogP contribution in [0.5, 0.6) is 0 Å². The van der Waals surface area contributed by atoms with Crippen LogP contribution in [0.15, 0.2) is 47.6 Å². The van der Waals surface area contributed by atoms with E-state index >= 15 is 0 Å². The summed E-state index contributed by atoms with van der Waals surface area (Å²) < 4.78 is 0. The molecule has 32 heavy (non-hydrogen) atoms. The van der Waals surface area contributed by atoms with Crippen LogP contribution in [0.1, 0.15) is 92.4 Å². The van der Waals surface area contributed by atoms with Crippen LogP contribution >= 0.6 is 0 Å². The predicted molar refractivity (Wildman–Crippen MR) is 136 cm³/mol. The maximum atomic E-state index is 10.2. The average molecular weight is 441 g/mol. The highest BCUT2D eigenvalue weighted by molar-refractivity contribution is 5.38. The molecule has 7 atom stereocenters.